The Morgan fingerprint density at radius 3 is 2.63 bits per heavy atom. The molecule has 1 aliphatic heterocycles. The number of rotatable bonds is 7. The van der Waals surface area contributed by atoms with Crippen molar-refractivity contribution < 1.29 is 31.8 Å². The van der Waals surface area contributed by atoms with Gasteiger partial charge in [-0.2, -0.15) is 13.2 Å². The second-order valence-electron chi connectivity index (χ2n) is 6.10. The van der Waals surface area contributed by atoms with Crippen LogP contribution >= 0.6 is 11.6 Å². The molecule has 0 aromatic heterocycles. The van der Waals surface area contributed by atoms with E-state index in [1.165, 1.54) is 12.1 Å². The van der Waals surface area contributed by atoms with E-state index < -0.39 is 30.7 Å². The van der Waals surface area contributed by atoms with Crippen LogP contribution in [-0.2, 0) is 9.53 Å². The first-order chi connectivity index (χ1) is 12.6. The lowest BCUT2D eigenvalue weighted by molar-refractivity contribution is -0.206. The summed E-state index contributed by atoms with van der Waals surface area (Å²) in [4.78, 5) is 11.1. The van der Waals surface area contributed by atoms with Crippen LogP contribution in [0.15, 0.2) is 18.2 Å². The number of benzene rings is 1. The number of carbonyl (C=O) groups is 1. The molecule has 1 heterocycles. The Hall–Kier alpha value is -1.62. The van der Waals surface area contributed by atoms with E-state index in [1.54, 1.807) is 5.01 Å². The molecule has 2 rings (SSSR count). The van der Waals surface area contributed by atoms with Gasteiger partial charge < -0.3 is 15.2 Å². The van der Waals surface area contributed by atoms with Crippen LogP contribution in [0.25, 0.3) is 0 Å². The summed E-state index contributed by atoms with van der Waals surface area (Å²) in [5, 5.41) is 1.67. The number of halogens is 5. The highest BCUT2D eigenvalue weighted by molar-refractivity contribution is 6.30. The zero-order chi connectivity index (χ0) is 20.0. The van der Waals surface area contributed by atoms with Crippen LogP contribution in [0.1, 0.15) is 12.8 Å². The largest absolute Gasteiger partial charge is 0.490 e. The molecule has 1 saturated heterocycles. The lowest BCUT2D eigenvalue weighted by Gasteiger charge is -2.31. The van der Waals surface area contributed by atoms with Gasteiger partial charge >= 0.3 is 12.1 Å². The minimum Gasteiger partial charge on any atom is -0.490 e. The van der Waals surface area contributed by atoms with Gasteiger partial charge in [0.1, 0.15) is 24.3 Å². The quantitative estimate of drug-likeness (QED) is 0.527. The molecule has 0 radical (unpaired) electrons. The van der Waals surface area contributed by atoms with E-state index in [0.29, 0.717) is 13.1 Å². The Kier molecular flexibility index (Phi) is 7.66. The number of hydrogen-bond acceptors (Lipinski definition) is 6. The lowest BCUT2D eigenvalue weighted by Crippen LogP contribution is -2.50. The summed E-state index contributed by atoms with van der Waals surface area (Å²) in [7, 11) is 0. The van der Waals surface area contributed by atoms with Gasteiger partial charge in [0.2, 0.25) is 0 Å². The minimum absolute atomic E-state index is 0.0499. The summed E-state index contributed by atoms with van der Waals surface area (Å²) in [6.45, 7) is 0.727. The normalized spacial score (nSPS) is 17.6. The monoisotopic (exact) mass is 413 g/mol. The van der Waals surface area contributed by atoms with Crippen molar-refractivity contribution >= 4 is 17.6 Å². The summed E-state index contributed by atoms with van der Waals surface area (Å²) < 4.78 is 60.6. The molecule has 1 atom stereocenters. The van der Waals surface area contributed by atoms with Crippen LogP contribution < -0.4 is 15.9 Å². The van der Waals surface area contributed by atoms with Crippen molar-refractivity contribution in [1.82, 2.24) is 10.4 Å². The van der Waals surface area contributed by atoms with Crippen LogP contribution in [0, 0.1) is 5.82 Å². The Bertz CT molecular complexity index is 640. The first-order valence-corrected chi connectivity index (χ1v) is 8.62. The van der Waals surface area contributed by atoms with E-state index in [-0.39, 0.29) is 23.4 Å². The molecule has 0 aliphatic carbocycles. The Morgan fingerprint density at radius 2 is 2.04 bits per heavy atom. The van der Waals surface area contributed by atoms with Crippen molar-refractivity contribution in [1.29, 1.82) is 0 Å². The predicted octanol–water partition coefficient (Wildman–Crippen LogP) is 2.26. The van der Waals surface area contributed by atoms with Crippen molar-refractivity contribution in [3.8, 4) is 5.75 Å². The number of hydrogen-bond donors (Lipinski definition) is 2. The third-order valence-electron chi connectivity index (χ3n) is 3.91. The number of alkyl halides is 3. The molecule has 1 aromatic carbocycles. The lowest BCUT2D eigenvalue weighted by atomic mass is 10.1. The minimum atomic E-state index is -5.12. The predicted molar refractivity (Wildman–Crippen MR) is 89.6 cm³/mol. The van der Waals surface area contributed by atoms with Crippen LogP contribution in [0.5, 0.6) is 5.75 Å². The number of nitrogens with two attached hydrogens (primary N) is 1. The standard InChI is InChI=1S/C16H20ClF4N3O3/c17-13-2-1-11(7-14(13)18)26-9-12(27-15(25)16(19,20)21)8-23-24-5-3-10(22)4-6-24/h1-2,7,10,12,23H,3-6,8-9,22H2. The van der Waals surface area contributed by atoms with E-state index >= 15 is 0 Å². The molecule has 3 N–H and O–H groups in total. The molecule has 11 heteroatoms. The number of piperidine rings is 1. The smallest absolute Gasteiger partial charge is 0.490 e. The molecule has 1 aliphatic rings. The van der Waals surface area contributed by atoms with Gasteiger partial charge in [-0.1, -0.05) is 11.6 Å². The van der Waals surface area contributed by atoms with Gasteiger partial charge in [0.15, 0.2) is 0 Å². The van der Waals surface area contributed by atoms with Crippen LogP contribution in [-0.4, -0.2) is 55.5 Å². The summed E-state index contributed by atoms with van der Waals surface area (Å²) in [6, 6.07) is 3.68. The Labute approximate surface area is 158 Å². The van der Waals surface area contributed by atoms with Crippen molar-refractivity contribution in [2.24, 2.45) is 5.73 Å². The first-order valence-electron chi connectivity index (χ1n) is 8.25. The molecule has 0 saturated carbocycles. The average molecular weight is 414 g/mol. The summed E-state index contributed by atoms with van der Waals surface area (Å²) in [5.41, 5.74) is 8.71. The van der Waals surface area contributed by atoms with Gasteiger partial charge in [-0.25, -0.2) is 14.2 Å². The Morgan fingerprint density at radius 1 is 1.37 bits per heavy atom. The summed E-state index contributed by atoms with van der Waals surface area (Å²) in [5.74, 6) is -3.00. The maximum absolute atomic E-state index is 13.4. The number of nitrogens with zero attached hydrogens (tertiary/aromatic N) is 1. The summed E-state index contributed by atoms with van der Waals surface area (Å²) >= 11 is 5.56. The molecule has 1 unspecified atom stereocenters. The maximum Gasteiger partial charge on any atom is 0.490 e. The number of nitrogens with one attached hydrogen (secondary N) is 1. The fourth-order valence-electron chi connectivity index (χ4n) is 2.40. The number of carbonyl (C=O) groups excluding carboxylic acids is 1. The average Bonchev–Trinajstić information content (AvgIpc) is 2.60. The van der Waals surface area contributed by atoms with E-state index in [9.17, 15) is 22.4 Å². The number of esters is 1. The molecule has 27 heavy (non-hydrogen) atoms. The molecule has 0 spiro atoms. The number of hydrazine groups is 1. The highest BCUT2D eigenvalue weighted by atomic mass is 35.5. The molecular formula is C16H20ClF4N3O3. The molecule has 1 fully saturated rings. The van der Waals surface area contributed by atoms with Gasteiger partial charge in [-0.3, -0.25) is 5.43 Å². The fourth-order valence-corrected chi connectivity index (χ4v) is 2.51. The van der Waals surface area contributed by atoms with Crippen molar-refractivity contribution in [2.45, 2.75) is 31.2 Å². The Balaban J connectivity index is 1.93. The molecule has 152 valence electrons. The van der Waals surface area contributed by atoms with Gasteiger partial charge in [-0.05, 0) is 25.0 Å². The first kappa shape index (κ1) is 21.7. The second kappa shape index (κ2) is 9.54. The van der Waals surface area contributed by atoms with Gasteiger partial charge in [0.25, 0.3) is 0 Å². The fraction of sp³-hybridized carbons (Fsp3) is 0.562. The van der Waals surface area contributed by atoms with Crippen LogP contribution in [0.4, 0.5) is 17.6 Å². The van der Waals surface area contributed by atoms with Crippen LogP contribution in [0.2, 0.25) is 5.02 Å². The van der Waals surface area contributed by atoms with Crippen LogP contribution in [0.3, 0.4) is 0 Å². The van der Waals surface area contributed by atoms with E-state index in [4.69, 9.17) is 22.1 Å². The topological polar surface area (TPSA) is 76.8 Å². The third kappa shape index (κ3) is 7.13. The summed E-state index contributed by atoms with van der Waals surface area (Å²) in [6.07, 6.45) is -4.89. The van der Waals surface area contributed by atoms with Gasteiger partial charge in [0.05, 0.1) is 11.6 Å². The molecule has 0 amide bonds. The zero-order valence-corrected chi connectivity index (χ0v) is 15.0. The highest BCUT2D eigenvalue weighted by Crippen LogP contribution is 2.21. The van der Waals surface area contributed by atoms with Crippen molar-refractivity contribution in [3.05, 3.63) is 29.0 Å². The SMILES string of the molecule is NC1CCN(NCC(COc2ccc(Cl)c(F)c2)OC(=O)C(F)(F)F)CC1. The number of ether oxygens (including phenoxy) is 2. The van der Waals surface area contributed by atoms with E-state index in [0.717, 1.165) is 18.9 Å². The molecular weight excluding hydrogens is 394 g/mol. The molecule has 1 aromatic rings. The molecule has 6 nitrogen and oxygen atoms in total. The molecule has 0 bridgehead atoms. The highest BCUT2D eigenvalue weighted by Gasteiger charge is 2.42. The maximum atomic E-state index is 13.4. The third-order valence-corrected chi connectivity index (χ3v) is 4.22. The van der Waals surface area contributed by atoms with E-state index in [1.807, 2.05) is 0 Å². The van der Waals surface area contributed by atoms with E-state index in [2.05, 4.69) is 10.2 Å². The van der Waals surface area contributed by atoms with Gasteiger partial charge in [-0.15, -0.1) is 0 Å². The zero-order valence-electron chi connectivity index (χ0n) is 14.3. The van der Waals surface area contributed by atoms with Crippen molar-refractivity contribution in [2.75, 3.05) is 26.2 Å². The van der Waals surface area contributed by atoms with Gasteiger partial charge in [0, 0.05) is 25.2 Å². The second-order valence-corrected chi connectivity index (χ2v) is 6.51. The van der Waals surface area contributed by atoms with Crippen molar-refractivity contribution in [3.63, 3.8) is 0 Å².